The van der Waals surface area contributed by atoms with Crippen LogP contribution in [0.15, 0.2) is 0 Å². The van der Waals surface area contributed by atoms with Gasteiger partial charge in [0.25, 0.3) is 0 Å². The first kappa shape index (κ1) is 14.1. The van der Waals surface area contributed by atoms with Crippen molar-refractivity contribution in [3.05, 3.63) is 0 Å². The van der Waals surface area contributed by atoms with Crippen LogP contribution < -0.4 is 0 Å². The molecule has 2 nitrogen and oxygen atoms in total. The van der Waals surface area contributed by atoms with E-state index in [4.69, 9.17) is 0 Å². The summed E-state index contributed by atoms with van der Waals surface area (Å²) in [5, 5.41) is 0. The van der Waals surface area contributed by atoms with Crippen molar-refractivity contribution in [2.24, 2.45) is 5.41 Å². The highest BCUT2D eigenvalue weighted by Crippen LogP contribution is 2.42. The Kier molecular flexibility index (Phi) is 5.13. The van der Waals surface area contributed by atoms with Crippen LogP contribution in [0.5, 0.6) is 0 Å². The first-order chi connectivity index (χ1) is 8.19. The Bertz CT molecular complexity index is 222. The van der Waals surface area contributed by atoms with E-state index in [-0.39, 0.29) is 0 Å². The minimum absolute atomic E-state index is 0.710. The highest BCUT2D eigenvalue weighted by atomic mass is 127. The molecule has 0 aromatic rings. The van der Waals surface area contributed by atoms with Crippen molar-refractivity contribution in [3.63, 3.8) is 0 Å². The molecule has 2 saturated heterocycles. The molecule has 2 rings (SSSR count). The molecule has 0 unspecified atom stereocenters. The van der Waals surface area contributed by atoms with E-state index in [1.54, 1.807) is 0 Å². The molecule has 0 N–H and O–H groups in total. The van der Waals surface area contributed by atoms with E-state index < -0.39 is 0 Å². The average Bonchev–Trinajstić information content (AvgIpc) is 2.27. The third kappa shape index (κ3) is 3.35. The van der Waals surface area contributed by atoms with Crippen molar-refractivity contribution in [1.29, 1.82) is 0 Å². The average molecular weight is 350 g/mol. The molecule has 3 heteroatoms. The monoisotopic (exact) mass is 350 g/mol. The van der Waals surface area contributed by atoms with Gasteiger partial charge in [0, 0.05) is 55.1 Å². The molecule has 0 aliphatic carbocycles. The maximum Gasteiger partial charge on any atom is 0.0201 e. The molecule has 100 valence electrons. The van der Waals surface area contributed by atoms with E-state index in [0.29, 0.717) is 5.41 Å². The molecule has 0 aromatic heterocycles. The summed E-state index contributed by atoms with van der Waals surface area (Å²) < 4.78 is 2.46. The van der Waals surface area contributed by atoms with Crippen LogP contribution in [0.2, 0.25) is 0 Å². The zero-order chi connectivity index (χ0) is 12.3. The van der Waals surface area contributed by atoms with Crippen molar-refractivity contribution in [2.45, 2.75) is 58.4 Å². The number of nitrogens with zero attached hydrogens (tertiary/aromatic N) is 2. The van der Waals surface area contributed by atoms with Crippen molar-refractivity contribution < 1.29 is 0 Å². The summed E-state index contributed by atoms with van der Waals surface area (Å²) in [7, 11) is 0. The number of likely N-dealkylation sites (tertiary alicyclic amines) is 1. The summed E-state index contributed by atoms with van der Waals surface area (Å²) in [6.07, 6.45) is 8.35. The molecule has 0 atom stereocenters. The van der Waals surface area contributed by atoms with Gasteiger partial charge in [0.15, 0.2) is 0 Å². The van der Waals surface area contributed by atoms with Crippen LogP contribution in [0.3, 0.4) is 0 Å². The van der Waals surface area contributed by atoms with Gasteiger partial charge in [-0.3, -0.25) is 4.90 Å². The first-order valence-corrected chi connectivity index (χ1v) is 8.30. The summed E-state index contributed by atoms with van der Waals surface area (Å²) in [6, 6.07) is 0.883. The third-order valence-electron chi connectivity index (χ3n) is 4.61. The van der Waals surface area contributed by atoms with Gasteiger partial charge in [-0.05, 0) is 31.1 Å². The second-order valence-corrected chi connectivity index (χ2v) is 7.41. The van der Waals surface area contributed by atoms with Gasteiger partial charge in [-0.25, -0.2) is 3.11 Å². The molecule has 1 spiro atoms. The minimum Gasteiger partial charge on any atom is -0.299 e. The van der Waals surface area contributed by atoms with E-state index >= 15 is 0 Å². The lowest BCUT2D eigenvalue weighted by Gasteiger charge is -2.56. The lowest BCUT2D eigenvalue weighted by Crippen LogP contribution is -2.62. The fraction of sp³-hybridized carbons (Fsp3) is 1.00. The number of piperidine rings is 1. The molecular formula is C14H27IN2. The molecular weight excluding hydrogens is 323 g/mol. The molecule has 2 fully saturated rings. The number of hydrogen-bond acceptors (Lipinski definition) is 2. The van der Waals surface area contributed by atoms with Gasteiger partial charge in [0.05, 0.1) is 0 Å². The molecule has 2 aliphatic rings. The summed E-state index contributed by atoms with van der Waals surface area (Å²) in [6.45, 7) is 10.0. The van der Waals surface area contributed by atoms with Crippen molar-refractivity contribution in [2.75, 3.05) is 26.2 Å². The van der Waals surface area contributed by atoms with E-state index in [0.717, 1.165) is 6.04 Å². The van der Waals surface area contributed by atoms with Gasteiger partial charge >= 0.3 is 0 Å². The van der Waals surface area contributed by atoms with Gasteiger partial charge in [-0.2, -0.15) is 0 Å². The summed E-state index contributed by atoms with van der Waals surface area (Å²) >= 11 is 2.48. The van der Waals surface area contributed by atoms with Crippen molar-refractivity contribution in [3.8, 4) is 0 Å². The number of halogens is 1. The molecule has 0 amide bonds. The topological polar surface area (TPSA) is 6.48 Å². The van der Waals surface area contributed by atoms with Crippen molar-refractivity contribution in [1.82, 2.24) is 8.01 Å². The van der Waals surface area contributed by atoms with Gasteiger partial charge in [-0.1, -0.05) is 26.7 Å². The van der Waals surface area contributed by atoms with Gasteiger partial charge in [-0.15, -0.1) is 0 Å². The van der Waals surface area contributed by atoms with Crippen LogP contribution in [-0.2, 0) is 0 Å². The lowest BCUT2D eigenvalue weighted by atomic mass is 9.71. The molecule has 17 heavy (non-hydrogen) atoms. The second kappa shape index (κ2) is 6.20. The molecule has 2 heterocycles. The maximum atomic E-state index is 2.77. The molecule has 0 bridgehead atoms. The molecule has 0 radical (unpaired) electrons. The Hall–Kier alpha value is 0.650. The Morgan fingerprint density at radius 3 is 2.06 bits per heavy atom. The molecule has 2 aliphatic heterocycles. The zero-order valence-electron chi connectivity index (χ0n) is 11.4. The van der Waals surface area contributed by atoms with E-state index in [2.05, 4.69) is 44.7 Å². The quantitative estimate of drug-likeness (QED) is 0.551. The normalized spacial score (nSPS) is 25.4. The van der Waals surface area contributed by atoms with Gasteiger partial charge in [0.2, 0.25) is 0 Å². The Morgan fingerprint density at radius 1 is 1.06 bits per heavy atom. The summed E-state index contributed by atoms with van der Waals surface area (Å²) in [5.41, 5.74) is 0.710. The number of hydrogen-bond donors (Lipinski definition) is 0. The van der Waals surface area contributed by atoms with Gasteiger partial charge < -0.3 is 0 Å². The fourth-order valence-electron chi connectivity index (χ4n) is 3.52. The highest BCUT2D eigenvalue weighted by Gasteiger charge is 2.46. The zero-order valence-corrected chi connectivity index (χ0v) is 13.6. The van der Waals surface area contributed by atoms with Crippen LogP contribution >= 0.6 is 22.9 Å². The molecule has 0 aromatic carbocycles. The Balaban J connectivity index is 1.79. The summed E-state index contributed by atoms with van der Waals surface area (Å²) in [4.78, 5) is 2.77. The summed E-state index contributed by atoms with van der Waals surface area (Å²) in [5.74, 6) is 0. The van der Waals surface area contributed by atoms with Crippen LogP contribution in [0.1, 0.15) is 52.4 Å². The fourth-order valence-corrected chi connectivity index (χ4v) is 4.00. The second-order valence-electron chi connectivity index (χ2n) is 6.05. The van der Waals surface area contributed by atoms with E-state index in [9.17, 15) is 0 Å². The Labute approximate surface area is 121 Å². The largest absolute Gasteiger partial charge is 0.299 e. The Morgan fingerprint density at radius 2 is 1.59 bits per heavy atom. The smallest absolute Gasteiger partial charge is 0.0201 e. The third-order valence-corrected chi connectivity index (χ3v) is 5.57. The van der Waals surface area contributed by atoms with Crippen molar-refractivity contribution >= 4 is 22.9 Å². The van der Waals surface area contributed by atoms with E-state index in [1.807, 2.05) is 0 Å². The lowest BCUT2D eigenvalue weighted by molar-refractivity contribution is -0.0611. The van der Waals surface area contributed by atoms with E-state index in [1.165, 1.54) is 64.7 Å². The standard InChI is InChI=1S/C14H27IN2/c1-3-5-13(6-4-2)16-11-14(12-16)7-9-17(15)10-8-14/h13H,3-12H2,1-2H3. The SMILES string of the molecule is CCCC(CCC)N1CC2(CCN(I)CC2)C1. The maximum absolute atomic E-state index is 2.77. The van der Waals surface area contributed by atoms with Crippen LogP contribution in [0, 0.1) is 5.41 Å². The highest BCUT2D eigenvalue weighted by molar-refractivity contribution is 14.1. The number of rotatable bonds is 5. The van der Waals surface area contributed by atoms with Crippen LogP contribution in [0.4, 0.5) is 0 Å². The van der Waals surface area contributed by atoms with Crippen LogP contribution in [-0.4, -0.2) is 40.2 Å². The predicted octanol–water partition coefficient (Wildman–Crippen LogP) is 3.70. The predicted molar refractivity (Wildman–Crippen MR) is 82.4 cm³/mol. The first-order valence-electron chi connectivity index (χ1n) is 7.34. The van der Waals surface area contributed by atoms with Crippen LogP contribution in [0.25, 0.3) is 0 Å². The van der Waals surface area contributed by atoms with Gasteiger partial charge in [0.1, 0.15) is 0 Å². The minimum atomic E-state index is 0.710. The molecule has 0 saturated carbocycles.